The van der Waals surface area contributed by atoms with Gasteiger partial charge in [-0.25, -0.2) is 4.39 Å². The van der Waals surface area contributed by atoms with Crippen molar-refractivity contribution in [2.24, 2.45) is 0 Å². The Balaban J connectivity index is 2.38. The molecule has 0 radical (unpaired) electrons. The highest BCUT2D eigenvalue weighted by Crippen LogP contribution is 2.37. The average molecular weight is 323 g/mol. The first-order chi connectivity index (χ1) is 9.55. The minimum Gasteiger partial charge on any atom is -0.430 e. The standard InChI is InChI=1S/C13H15BClF3O3/c1-12(2)13(3,4)21-14(20-12)7-5-6-8(15)10(9(7)16)19-11(17)18/h5-6,11H,1-4H3. The van der Waals surface area contributed by atoms with Crippen LogP contribution < -0.4 is 10.2 Å². The minimum absolute atomic E-state index is 0.0336. The molecule has 1 heterocycles. The molecule has 1 fully saturated rings. The van der Waals surface area contributed by atoms with Gasteiger partial charge in [-0.05, 0) is 33.8 Å². The fourth-order valence-corrected chi connectivity index (χ4v) is 2.09. The first-order valence-corrected chi connectivity index (χ1v) is 6.71. The molecule has 0 saturated carbocycles. The fraction of sp³-hybridized carbons (Fsp3) is 0.538. The third-order valence-electron chi connectivity index (χ3n) is 3.79. The number of hydrogen-bond donors (Lipinski definition) is 0. The van der Waals surface area contributed by atoms with Crippen LogP contribution in [0.1, 0.15) is 27.7 Å². The van der Waals surface area contributed by atoms with E-state index in [9.17, 15) is 13.2 Å². The van der Waals surface area contributed by atoms with Crippen LogP contribution in [0.15, 0.2) is 12.1 Å². The molecule has 0 spiro atoms. The maximum absolute atomic E-state index is 14.3. The summed E-state index contributed by atoms with van der Waals surface area (Å²) in [4.78, 5) is 0. The molecule has 1 aromatic carbocycles. The summed E-state index contributed by atoms with van der Waals surface area (Å²) in [6.07, 6.45) is 0. The molecule has 8 heteroatoms. The summed E-state index contributed by atoms with van der Waals surface area (Å²) in [6.45, 7) is 4.04. The summed E-state index contributed by atoms with van der Waals surface area (Å²) in [5.74, 6) is -1.72. The molecule has 0 bridgehead atoms. The van der Waals surface area contributed by atoms with Crippen LogP contribution in [-0.4, -0.2) is 24.9 Å². The van der Waals surface area contributed by atoms with Gasteiger partial charge in [-0.3, -0.25) is 0 Å². The van der Waals surface area contributed by atoms with Crippen LogP contribution in [0.2, 0.25) is 5.02 Å². The van der Waals surface area contributed by atoms with E-state index in [-0.39, 0.29) is 10.5 Å². The maximum Gasteiger partial charge on any atom is 0.498 e. The van der Waals surface area contributed by atoms with Gasteiger partial charge in [-0.1, -0.05) is 17.7 Å². The summed E-state index contributed by atoms with van der Waals surface area (Å²) < 4.78 is 54.5. The highest BCUT2D eigenvalue weighted by Gasteiger charge is 2.52. The third-order valence-corrected chi connectivity index (χ3v) is 4.09. The van der Waals surface area contributed by atoms with Crippen molar-refractivity contribution in [3.63, 3.8) is 0 Å². The molecule has 21 heavy (non-hydrogen) atoms. The number of alkyl halides is 2. The van der Waals surface area contributed by atoms with Gasteiger partial charge in [0.15, 0.2) is 11.6 Å². The highest BCUT2D eigenvalue weighted by atomic mass is 35.5. The van der Waals surface area contributed by atoms with E-state index in [1.54, 1.807) is 27.7 Å². The molecule has 116 valence electrons. The predicted octanol–water partition coefficient (Wildman–Crippen LogP) is 3.38. The molecule has 0 atom stereocenters. The Bertz CT molecular complexity index is 536. The van der Waals surface area contributed by atoms with Gasteiger partial charge in [0.25, 0.3) is 0 Å². The molecule has 0 amide bonds. The van der Waals surface area contributed by atoms with E-state index in [0.717, 1.165) is 0 Å². The van der Waals surface area contributed by atoms with Crippen molar-refractivity contribution in [1.82, 2.24) is 0 Å². The van der Waals surface area contributed by atoms with Crippen molar-refractivity contribution in [2.45, 2.75) is 45.5 Å². The molecule has 0 aliphatic carbocycles. The molecule has 0 N–H and O–H groups in total. The van der Waals surface area contributed by atoms with E-state index in [1.165, 1.54) is 12.1 Å². The van der Waals surface area contributed by atoms with Crippen LogP contribution in [0, 0.1) is 5.82 Å². The Hall–Kier alpha value is -0.915. The van der Waals surface area contributed by atoms with Gasteiger partial charge in [0, 0.05) is 5.46 Å². The molecule has 3 nitrogen and oxygen atoms in total. The molecule has 0 aromatic heterocycles. The summed E-state index contributed by atoms with van der Waals surface area (Å²) in [5, 5.41) is -0.243. The summed E-state index contributed by atoms with van der Waals surface area (Å²) in [5.41, 5.74) is -1.38. The van der Waals surface area contributed by atoms with Gasteiger partial charge in [0.1, 0.15) is 0 Å². The zero-order chi connectivity index (χ0) is 16.0. The lowest BCUT2D eigenvalue weighted by Gasteiger charge is -2.32. The molecule has 2 rings (SSSR count). The highest BCUT2D eigenvalue weighted by molar-refractivity contribution is 6.62. The minimum atomic E-state index is -3.18. The fourth-order valence-electron chi connectivity index (χ4n) is 1.90. The second-order valence-electron chi connectivity index (χ2n) is 5.75. The Labute approximate surface area is 126 Å². The Morgan fingerprint density at radius 2 is 1.67 bits per heavy atom. The zero-order valence-corrected chi connectivity index (χ0v) is 12.8. The van der Waals surface area contributed by atoms with Crippen molar-refractivity contribution >= 4 is 24.2 Å². The second-order valence-corrected chi connectivity index (χ2v) is 6.15. The van der Waals surface area contributed by atoms with Crippen molar-refractivity contribution < 1.29 is 27.2 Å². The van der Waals surface area contributed by atoms with Crippen LogP contribution >= 0.6 is 11.6 Å². The largest absolute Gasteiger partial charge is 0.498 e. The van der Waals surface area contributed by atoms with E-state index in [1.807, 2.05) is 0 Å². The SMILES string of the molecule is CC1(C)OB(c2ccc(Cl)c(OC(F)F)c2F)OC1(C)C. The van der Waals surface area contributed by atoms with E-state index < -0.39 is 36.5 Å². The van der Waals surface area contributed by atoms with Crippen LogP contribution in [0.25, 0.3) is 0 Å². The molecular weight excluding hydrogens is 307 g/mol. The van der Waals surface area contributed by atoms with Crippen molar-refractivity contribution in [2.75, 3.05) is 0 Å². The normalized spacial score (nSPS) is 20.1. The number of ether oxygens (including phenoxy) is 1. The van der Waals surface area contributed by atoms with E-state index in [4.69, 9.17) is 20.9 Å². The monoisotopic (exact) mass is 322 g/mol. The lowest BCUT2D eigenvalue weighted by Crippen LogP contribution is -2.41. The molecule has 1 aromatic rings. The van der Waals surface area contributed by atoms with Crippen molar-refractivity contribution in [1.29, 1.82) is 0 Å². The van der Waals surface area contributed by atoms with E-state index in [2.05, 4.69) is 4.74 Å². The van der Waals surface area contributed by atoms with Crippen molar-refractivity contribution in [3.8, 4) is 5.75 Å². The summed E-state index contributed by atoms with van der Waals surface area (Å²) >= 11 is 5.68. The first kappa shape index (κ1) is 16.5. The molecule has 1 saturated heterocycles. The van der Waals surface area contributed by atoms with Crippen LogP contribution in [0.4, 0.5) is 13.2 Å². The topological polar surface area (TPSA) is 27.7 Å². The van der Waals surface area contributed by atoms with Crippen molar-refractivity contribution in [3.05, 3.63) is 23.0 Å². The summed E-state index contributed by atoms with van der Waals surface area (Å²) in [6, 6.07) is 2.60. The Morgan fingerprint density at radius 1 is 1.14 bits per heavy atom. The van der Waals surface area contributed by atoms with Crippen LogP contribution in [0.5, 0.6) is 5.75 Å². The lowest BCUT2D eigenvalue weighted by molar-refractivity contribution is -0.0520. The molecule has 1 aliphatic heterocycles. The van der Waals surface area contributed by atoms with Gasteiger partial charge >= 0.3 is 13.7 Å². The molecular formula is C13H15BClF3O3. The average Bonchev–Trinajstić information content (AvgIpc) is 2.53. The molecule has 0 unspecified atom stereocenters. The molecule has 1 aliphatic rings. The Morgan fingerprint density at radius 3 is 2.14 bits per heavy atom. The lowest BCUT2D eigenvalue weighted by atomic mass is 9.78. The van der Waals surface area contributed by atoms with Crippen LogP contribution in [-0.2, 0) is 9.31 Å². The van der Waals surface area contributed by atoms with Gasteiger partial charge in [0.2, 0.25) is 0 Å². The number of halogens is 4. The van der Waals surface area contributed by atoms with Gasteiger partial charge in [-0.2, -0.15) is 8.78 Å². The summed E-state index contributed by atoms with van der Waals surface area (Å²) in [7, 11) is -1.02. The quantitative estimate of drug-likeness (QED) is 0.799. The smallest absolute Gasteiger partial charge is 0.430 e. The van der Waals surface area contributed by atoms with Crippen LogP contribution in [0.3, 0.4) is 0 Å². The number of hydrogen-bond acceptors (Lipinski definition) is 3. The number of rotatable bonds is 3. The number of benzene rings is 1. The second kappa shape index (κ2) is 5.37. The van der Waals surface area contributed by atoms with E-state index in [0.29, 0.717) is 0 Å². The Kier molecular flexibility index (Phi) is 4.21. The van der Waals surface area contributed by atoms with Gasteiger partial charge < -0.3 is 14.0 Å². The van der Waals surface area contributed by atoms with E-state index >= 15 is 0 Å². The first-order valence-electron chi connectivity index (χ1n) is 6.33. The zero-order valence-electron chi connectivity index (χ0n) is 12.0. The maximum atomic E-state index is 14.3. The predicted molar refractivity (Wildman–Crippen MR) is 73.8 cm³/mol. The van der Waals surface area contributed by atoms with Gasteiger partial charge in [0.05, 0.1) is 16.2 Å². The van der Waals surface area contributed by atoms with Gasteiger partial charge in [-0.15, -0.1) is 0 Å². The third kappa shape index (κ3) is 3.00.